The van der Waals surface area contributed by atoms with Crippen LogP contribution in [0.4, 0.5) is 0 Å². The topological polar surface area (TPSA) is 40.5 Å². The molecular formula is C11H14ClNO2S. The van der Waals surface area contributed by atoms with Crippen LogP contribution in [0.1, 0.15) is 17.8 Å². The van der Waals surface area contributed by atoms with E-state index in [0.717, 1.165) is 9.21 Å². The lowest BCUT2D eigenvalue weighted by Gasteiger charge is -2.25. The second-order valence-electron chi connectivity index (χ2n) is 3.43. The largest absolute Gasteiger partial charge is 0.480 e. The van der Waals surface area contributed by atoms with E-state index in [2.05, 4.69) is 6.58 Å². The normalized spacial score (nSPS) is 12.7. The van der Waals surface area contributed by atoms with E-state index in [9.17, 15) is 4.79 Å². The highest BCUT2D eigenvalue weighted by Gasteiger charge is 2.18. The van der Waals surface area contributed by atoms with Crippen LogP contribution in [0.15, 0.2) is 24.8 Å². The molecule has 16 heavy (non-hydrogen) atoms. The highest BCUT2D eigenvalue weighted by molar-refractivity contribution is 7.16. The molecule has 0 aromatic carbocycles. The number of rotatable bonds is 6. The molecule has 0 bridgehead atoms. The zero-order valence-electron chi connectivity index (χ0n) is 9.02. The molecule has 0 amide bonds. The van der Waals surface area contributed by atoms with E-state index in [0.29, 0.717) is 6.54 Å². The summed E-state index contributed by atoms with van der Waals surface area (Å²) in [7, 11) is 0. The van der Waals surface area contributed by atoms with E-state index in [1.807, 2.05) is 24.0 Å². The molecule has 0 aliphatic heterocycles. The second kappa shape index (κ2) is 6.03. The minimum Gasteiger partial charge on any atom is -0.480 e. The number of hydrogen-bond donors (Lipinski definition) is 1. The number of hydrogen-bond acceptors (Lipinski definition) is 3. The van der Waals surface area contributed by atoms with Crippen molar-refractivity contribution in [3.8, 4) is 0 Å². The molecule has 1 N–H and O–H groups in total. The Labute approximate surface area is 104 Å². The predicted molar refractivity (Wildman–Crippen MR) is 67.1 cm³/mol. The zero-order valence-corrected chi connectivity index (χ0v) is 10.6. The summed E-state index contributed by atoms with van der Waals surface area (Å²) in [6.07, 6.45) is 1.70. The first kappa shape index (κ1) is 13.2. The number of aliphatic carboxylic acids is 1. The summed E-state index contributed by atoms with van der Waals surface area (Å²) >= 11 is 7.33. The monoisotopic (exact) mass is 259 g/mol. The number of thiophene rings is 1. The SMILES string of the molecule is C=CCN(CC(=O)O)C(C)c1ccc(Cl)s1. The van der Waals surface area contributed by atoms with Gasteiger partial charge in [-0.15, -0.1) is 17.9 Å². The Morgan fingerprint density at radius 1 is 1.75 bits per heavy atom. The summed E-state index contributed by atoms with van der Waals surface area (Å²) in [5, 5.41) is 8.81. The molecule has 1 rings (SSSR count). The lowest BCUT2D eigenvalue weighted by atomic mass is 10.2. The van der Waals surface area contributed by atoms with Crippen LogP contribution in [0, 0.1) is 0 Å². The van der Waals surface area contributed by atoms with Crippen molar-refractivity contribution in [3.63, 3.8) is 0 Å². The Bertz CT molecular complexity index is 378. The summed E-state index contributed by atoms with van der Waals surface area (Å²) in [5.74, 6) is -0.837. The van der Waals surface area contributed by atoms with Crippen molar-refractivity contribution in [3.05, 3.63) is 34.0 Å². The summed E-state index contributed by atoms with van der Waals surface area (Å²) in [5.41, 5.74) is 0. The molecule has 0 aliphatic carbocycles. The van der Waals surface area contributed by atoms with Crippen molar-refractivity contribution >= 4 is 28.9 Å². The Hall–Kier alpha value is -0.840. The Morgan fingerprint density at radius 2 is 2.44 bits per heavy atom. The average molecular weight is 260 g/mol. The first-order chi connectivity index (χ1) is 7.54. The molecule has 1 aromatic rings. The minimum atomic E-state index is -0.837. The van der Waals surface area contributed by atoms with Gasteiger partial charge in [0, 0.05) is 17.5 Å². The third-order valence-corrected chi connectivity index (χ3v) is 3.66. The fraction of sp³-hybridized carbons (Fsp3) is 0.364. The fourth-order valence-corrected chi connectivity index (χ4v) is 2.58. The molecule has 3 nitrogen and oxygen atoms in total. The summed E-state index contributed by atoms with van der Waals surface area (Å²) < 4.78 is 0.718. The van der Waals surface area contributed by atoms with Gasteiger partial charge in [-0.1, -0.05) is 17.7 Å². The van der Waals surface area contributed by atoms with Crippen molar-refractivity contribution in [2.75, 3.05) is 13.1 Å². The lowest BCUT2D eigenvalue weighted by Crippen LogP contribution is -2.32. The molecule has 88 valence electrons. The standard InChI is InChI=1S/C11H14ClNO2S/c1-3-6-13(7-11(14)15)8(2)9-4-5-10(12)16-9/h3-5,8H,1,6-7H2,2H3,(H,14,15). The van der Waals surface area contributed by atoms with Gasteiger partial charge in [0.25, 0.3) is 0 Å². The number of halogens is 1. The number of carboxylic acids is 1. The Balaban J connectivity index is 2.77. The number of nitrogens with zero attached hydrogens (tertiary/aromatic N) is 1. The van der Waals surface area contributed by atoms with E-state index in [-0.39, 0.29) is 12.6 Å². The molecule has 1 aromatic heterocycles. The zero-order chi connectivity index (χ0) is 12.1. The van der Waals surface area contributed by atoms with Crippen molar-refractivity contribution in [1.29, 1.82) is 0 Å². The quantitative estimate of drug-likeness (QED) is 0.799. The summed E-state index contributed by atoms with van der Waals surface area (Å²) in [6.45, 7) is 6.15. The molecule has 0 saturated carbocycles. The Morgan fingerprint density at radius 3 is 2.88 bits per heavy atom. The molecule has 1 unspecified atom stereocenters. The van der Waals surface area contributed by atoms with E-state index < -0.39 is 5.97 Å². The second-order valence-corrected chi connectivity index (χ2v) is 5.18. The van der Waals surface area contributed by atoms with Crippen molar-refractivity contribution in [2.45, 2.75) is 13.0 Å². The van der Waals surface area contributed by atoms with E-state index in [1.165, 1.54) is 11.3 Å². The smallest absolute Gasteiger partial charge is 0.317 e. The third-order valence-electron chi connectivity index (χ3n) is 2.26. The number of carboxylic acid groups (broad SMARTS) is 1. The number of carbonyl (C=O) groups is 1. The highest BCUT2D eigenvalue weighted by atomic mass is 35.5. The fourth-order valence-electron chi connectivity index (χ4n) is 1.43. The minimum absolute atomic E-state index is 0.00268. The summed E-state index contributed by atoms with van der Waals surface area (Å²) in [6, 6.07) is 3.78. The van der Waals surface area contributed by atoms with Gasteiger partial charge in [0.15, 0.2) is 0 Å². The van der Waals surface area contributed by atoms with Crippen LogP contribution >= 0.6 is 22.9 Å². The van der Waals surface area contributed by atoms with Gasteiger partial charge in [-0.2, -0.15) is 0 Å². The van der Waals surface area contributed by atoms with Gasteiger partial charge < -0.3 is 5.11 Å². The molecule has 1 heterocycles. The van der Waals surface area contributed by atoms with Crippen LogP contribution in [-0.4, -0.2) is 29.1 Å². The van der Waals surface area contributed by atoms with E-state index >= 15 is 0 Å². The maximum Gasteiger partial charge on any atom is 0.317 e. The molecule has 5 heteroatoms. The van der Waals surface area contributed by atoms with Gasteiger partial charge in [-0.05, 0) is 19.1 Å². The van der Waals surface area contributed by atoms with Crippen LogP contribution in [0.2, 0.25) is 4.34 Å². The molecule has 0 aliphatic rings. The highest BCUT2D eigenvalue weighted by Crippen LogP contribution is 2.29. The van der Waals surface area contributed by atoms with E-state index in [4.69, 9.17) is 16.7 Å². The molecule has 0 radical (unpaired) electrons. The molecule has 1 atom stereocenters. The average Bonchev–Trinajstić information content (AvgIpc) is 2.62. The van der Waals surface area contributed by atoms with Crippen molar-refractivity contribution < 1.29 is 9.90 Å². The lowest BCUT2D eigenvalue weighted by molar-refractivity contribution is -0.138. The van der Waals surface area contributed by atoms with Crippen LogP contribution in [0.3, 0.4) is 0 Å². The molecule has 0 fully saturated rings. The van der Waals surface area contributed by atoms with Gasteiger partial charge in [0.05, 0.1) is 10.9 Å². The van der Waals surface area contributed by atoms with Gasteiger partial charge in [0.1, 0.15) is 0 Å². The predicted octanol–water partition coefficient (Wildman–Crippen LogP) is 3.04. The first-order valence-electron chi connectivity index (χ1n) is 4.86. The van der Waals surface area contributed by atoms with Gasteiger partial charge in [0.2, 0.25) is 0 Å². The third kappa shape index (κ3) is 3.63. The van der Waals surface area contributed by atoms with Crippen LogP contribution in [-0.2, 0) is 4.79 Å². The van der Waals surface area contributed by atoms with Crippen LogP contribution < -0.4 is 0 Å². The maximum absolute atomic E-state index is 10.7. The van der Waals surface area contributed by atoms with Crippen molar-refractivity contribution in [2.24, 2.45) is 0 Å². The molecular weight excluding hydrogens is 246 g/mol. The van der Waals surface area contributed by atoms with Gasteiger partial charge in [-0.3, -0.25) is 9.69 Å². The maximum atomic E-state index is 10.7. The van der Waals surface area contributed by atoms with E-state index in [1.54, 1.807) is 6.08 Å². The van der Waals surface area contributed by atoms with Crippen LogP contribution in [0.5, 0.6) is 0 Å². The summed E-state index contributed by atoms with van der Waals surface area (Å²) in [4.78, 5) is 13.6. The first-order valence-corrected chi connectivity index (χ1v) is 6.06. The van der Waals surface area contributed by atoms with Crippen LogP contribution in [0.25, 0.3) is 0 Å². The molecule has 0 saturated heterocycles. The van der Waals surface area contributed by atoms with Gasteiger partial charge in [-0.25, -0.2) is 0 Å². The van der Waals surface area contributed by atoms with Gasteiger partial charge >= 0.3 is 5.97 Å². The van der Waals surface area contributed by atoms with Crippen molar-refractivity contribution in [1.82, 2.24) is 4.90 Å². The Kier molecular flexibility index (Phi) is 4.99. The molecule has 0 spiro atoms.